The van der Waals surface area contributed by atoms with E-state index < -0.39 is 0 Å². The molecule has 7 heteroatoms. The maximum Gasteiger partial charge on any atom is 0.231 e. The number of likely N-dealkylation sites (tertiary alicyclic amines) is 1. The normalized spacial score (nSPS) is 15.8. The Morgan fingerprint density at radius 2 is 1.79 bits per heavy atom. The first kappa shape index (κ1) is 19.8. The largest absolute Gasteiger partial charge is 0.454 e. The van der Waals surface area contributed by atoms with Gasteiger partial charge in [-0.15, -0.1) is 0 Å². The fourth-order valence-corrected chi connectivity index (χ4v) is 4.80. The second-order valence-electron chi connectivity index (χ2n) is 8.49. The molecule has 1 amide bonds. The molecule has 0 atom stereocenters. The second kappa shape index (κ2) is 8.24. The lowest BCUT2D eigenvalue weighted by molar-refractivity contribution is -0.131. The number of imidazole rings is 1. The zero-order valence-electron chi connectivity index (χ0n) is 18.2. The molecule has 2 aliphatic heterocycles. The first-order valence-electron chi connectivity index (χ1n) is 11.3. The number of para-hydroxylation sites is 2. The molecule has 6 rings (SSSR count). The number of rotatable bonds is 4. The van der Waals surface area contributed by atoms with E-state index in [4.69, 9.17) is 14.5 Å². The Morgan fingerprint density at radius 3 is 2.64 bits per heavy atom. The van der Waals surface area contributed by atoms with Crippen LogP contribution in [-0.2, 0) is 11.2 Å². The summed E-state index contributed by atoms with van der Waals surface area (Å²) in [4.78, 5) is 24.4. The van der Waals surface area contributed by atoms with E-state index in [-0.39, 0.29) is 18.7 Å². The van der Waals surface area contributed by atoms with E-state index in [1.54, 1.807) is 6.20 Å². The molecule has 4 heterocycles. The van der Waals surface area contributed by atoms with Crippen LogP contribution >= 0.6 is 0 Å². The number of fused-ring (bicyclic) bond motifs is 2. The van der Waals surface area contributed by atoms with Crippen molar-refractivity contribution >= 4 is 16.9 Å². The molecular weight excluding hydrogens is 416 g/mol. The van der Waals surface area contributed by atoms with Crippen LogP contribution in [0.2, 0.25) is 0 Å². The molecule has 2 aromatic heterocycles. The zero-order valence-corrected chi connectivity index (χ0v) is 18.2. The number of hydrogen-bond acceptors (Lipinski definition) is 5. The standard InChI is InChI=1S/C26H24N4O3/c31-25(16-18-8-9-23-24(15-18)33-17-32-23)29-13-10-19(11-14-29)30-22-7-2-1-5-20(22)28-26(30)21-6-3-4-12-27-21/h1-9,12,15,19H,10-11,13-14,16-17H2. The summed E-state index contributed by atoms with van der Waals surface area (Å²) in [6.07, 6.45) is 3.94. The van der Waals surface area contributed by atoms with Crippen LogP contribution in [0.3, 0.4) is 0 Å². The lowest BCUT2D eigenvalue weighted by atomic mass is 10.0. The highest BCUT2D eigenvalue weighted by atomic mass is 16.7. The van der Waals surface area contributed by atoms with Crippen molar-refractivity contribution in [1.29, 1.82) is 0 Å². The van der Waals surface area contributed by atoms with E-state index in [2.05, 4.69) is 15.6 Å². The van der Waals surface area contributed by atoms with Crippen molar-refractivity contribution in [3.8, 4) is 23.0 Å². The van der Waals surface area contributed by atoms with E-state index in [1.165, 1.54) is 0 Å². The quantitative estimate of drug-likeness (QED) is 0.475. The first-order valence-corrected chi connectivity index (χ1v) is 11.3. The fraction of sp³-hybridized carbons (Fsp3) is 0.269. The molecule has 0 spiro atoms. The van der Waals surface area contributed by atoms with Crippen LogP contribution in [0.4, 0.5) is 0 Å². The van der Waals surface area contributed by atoms with Crippen LogP contribution in [-0.4, -0.2) is 45.2 Å². The van der Waals surface area contributed by atoms with Gasteiger partial charge in [0.05, 0.1) is 17.5 Å². The van der Waals surface area contributed by atoms with Gasteiger partial charge >= 0.3 is 0 Å². The minimum atomic E-state index is 0.146. The minimum Gasteiger partial charge on any atom is -0.454 e. The van der Waals surface area contributed by atoms with Gasteiger partial charge in [-0.25, -0.2) is 4.98 Å². The van der Waals surface area contributed by atoms with Gasteiger partial charge in [-0.05, 0) is 54.8 Å². The fourth-order valence-electron chi connectivity index (χ4n) is 4.80. The molecule has 0 unspecified atom stereocenters. The summed E-state index contributed by atoms with van der Waals surface area (Å²) < 4.78 is 13.1. The average Bonchev–Trinajstić information content (AvgIpc) is 3.49. The molecule has 166 valence electrons. The SMILES string of the molecule is O=C(Cc1ccc2c(c1)OCO2)N1CCC(n2c(-c3ccccn3)nc3ccccc32)CC1. The Morgan fingerprint density at radius 1 is 0.970 bits per heavy atom. The van der Waals surface area contributed by atoms with Gasteiger partial charge in [0.1, 0.15) is 5.69 Å². The van der Waals surface area contributed by atoms with Gasteiger partial charge in [0.25, 0.3) is 0 Å². The second-order valence-corrected chi connectivity index (χ2v) is 8.49. The summed E-state index contributed by atoms with van der Waals surface area (Å²) in [7, 11) is 0. The molecule has 33 heavy (non-hydrogen) atoms. The number of ether oxygens (including phenoxy) is 2. The number of aromatic nitrogens is 3. The summed E-state index contributed by atoms with van der Waals surface area (Å²) >= 11 is 0. The number of pyridine rings is 1. The Labute approximate surface area is 191 Å². The van der Waals surface area contributed by atoms with Crippen molar-refractivity contribution in [1.82, 2.24) is 19.4 Å². The molecule has 2 aliphatic rings. The van der Waals surface area contributed by atoms with Gasteiger partial charge in [-0.3, -0.25) is 9.78 Å². The first-order chi connectivity index (χ1) is 16.3. The van der Waals surface area contributed by atoms with Crippen molar-refractivity contribution in [2.24, 2.45) is 0 Å². The van der Waals surface area contributed by atoms with Crippen LogP contribution in [0, 0.1) is 0 Å². The molecule has 0 bridgehead atoms. The van der Waals surface area contributed by atoms with Gasteiger partial charge < -0.3 is 18.9 Å². The maximum absolute atomic E-state index is 13.0. The van der Waals surface area contributed by atoms with Crippen LogP contribution in [0.25, 0.3) is 22.6 Å². The third kappa shape index (κ3) is 3.69. The van der Waals surface area contributed by atoms with E-state index >= 15 is 0 Å². The van der Waals surface area contributed by atoms with E-state index in [0.29, 0.717) is 12.2 Å². The minimum absolute atomic E-state index is 0.146. The molecule has 0 aliphatic carbocycles. The lowest BCUT2D eigenvalue weighted by Gasteiger charge is -2.33. The molecule has 0 N–H and O–H groups in total. The number of amides is 1. The van der Waals surface area contributed by atoms with Crippen molar-refractivity contribution in [2.45, 2.75) is 25.3 Å². The van der Waals surface area contributed by atoms with Crippen molar-refractivity contribution in [3.63, 3.8) is 0 Å². The van der Waals surface area contributed by atoms with Crippen LogP contribution < -0.4 is 9.47 Å². The summed E-state index contributed by atoms with van der Waals surface area (Å²) in [5, 5.41) is 0. The van der Waals surface area contributed by atoms with Gasteiger partial charge in [0.15, 0.2) is 17.3 Å². The van der Waals surface area contributed by atoms with Gasteiger partial charge in [0, 0.05) is 25.3 Å². The lowest BCUT2D eigenvalue weighted by Crippen LogP contribution is -2.40. The molecular formula is C26H24N4O3. The predicted molar refractivity (Wildman–Crippen MR) is 124 cm³/mol. The summed E-state index contributed by atoms with van der Waals surface area (Å²) in [5.41, 5.74) is 3.90. The Hall–Kier alpha value is -3.87. The van der Waals surface area contributed by atoms with Crippen LogP contribution in [0.1, 0.15) is 24.4 Å². The van der Waals surface area contributed by atoms with Crippen molar-refractivity contribution < 1.29 is 14.3 Å². The number of nitrogens with zero attached hydrogens (tertiary/aromatic N) is 4. The van der Waals surface area contributed by atoms with Crippen molar-refractivity contribution in [2.75, 3.05) is 19.9 Å². The predicted octanol–water partition coefficient (Wildman–Crippen LogP) is 4.23. The maximum atomic E-state index is 13.0. The van der Waals surface area contributed by atoms with Crippen LogP contribution in [0.5, 0.6) is 11.5 Å². The van der Waals surface area contributed by atoms with Crippen LogP contribution in [0.15, 0.2) is 66.9 Å². The number of benzene rings is 2. The smallest absolute Gasteiger partial charge is 0.231 e. The molecule has 0 radical (unpaired) electrons. The van der Waals surface area contributed by atoms with Gasteiger partial charge in [-0.2, -0.15) is 0 Å². The highest BCUT2D eigenvalue weighted by molar-refractivity contribution is 5.81. The zero-order chi connectivity index (χ0) is 22.2. The molecule has 0 saturated carbocycles. The molecule has 1 fully saturated rings. The number of carbonyl (C=O) groups excluding carboxylic acids is 1. The van der Waals surface area contributed by atoms with Gasteiger partial charge in [0.2, 0.25) is 12.7 Å². The highest BCUT2D eigenvalue weighted by Crippen LogP contribution is 2.34. The number of piperidine rings is 1. The summed E-state index contributed by atoms with van der Waals surface area (Å²) in [5.74, 6) is 2.49. The van der Waals surface area contributed by atoms with E-state index in [9.17, 15) is 4.79 Å². The molecule has 1 saturated heterocycles. The molecule has 4 aromatic rings. The Kier molecular flexibility index (Phi) is 4.94. The number of hydrogen-bond donors (Lipinski definition) is 0. The van der Waals surface area contributed by atoms with E-state index in [0.717, 1.165) is 59.8 Å². The topological polar surface area (TPSA) is 69.5 Å². The molecule has 7 nitrogen and oxygen atoms in total. The highest BCUT2D eigenvalue weighted by Gasteiger charge is 2.27. The average molecular weight is 441 g/mol. The Bertz CT molecular complexity index is 1310. The monoisotopic (exact) mass is 440 g/mol. The number of carbonyl (C=O) groups is 1. The Balaban J connectivity index is 1.20. The van der Waals surface area contributed by atoms with Gasteiger partial charge in [-0.1, -0.05) is 24.3 Å². The van der Waals surface area contributed by atoms with E-state index in [1.807, 2.05) is 59.5 Å². The van der Waals surface area contributed by atoms with Crippen molar-refractivity contribution in [3.05, 3.63) is 72.4 Å². The third-order valence-corrected chi connectivity index (χ3v) is 6.46. The summed E-state index contributed by atoms with van der Waals surface area (Å²) in [6.45, 7) is 1.69. The summed E-state index contributed by atoms with van der Waals surface area (Å²) in [6, 6.07) is 20.1. The molecule has 2 aromatic carbocycles. The third-order valence-electron chi connectivity index (χ3n) is 6.46.